The molecular formula is C28H35N9O4S. The number of para-hydroxylation sites is 1. The topological polar surface area (TPSA) is 206 Å². The zero-order chi connectivity index (χ0) is 29.8. The lowest BCUT2D eigenvalue weighted by atomic mass is 10.0. The summed E-state index contributed by atoms with van der Waals surface area (Å²) >= 11 is 1.19. The second-order valence-corrected chi connectivity index (χ2v) is 11.5. The van der Waals surface area contributed by atoms with Crippen LogP contribution in [0.15, 0.2) is 47.0 Å². The molecule has 2 aromatic heterocycles. The summed E-state index contributed by atoms with van der Waals surface area (Å²) in [6.45, 7) is 0.457. The van der Waals surface area contributed by atoms with Crippen molar-refractivity contribution in [3.05, 3.63) is 52.6 Å². The number of fused-ring (bicyclic) bond motifs is 2. The van der Waals surface area contributed by atoms with Crippen molar-refractivity contribution in [2.45, 2.75) is 56.3 Å². The fourth-order valence-corrected chi connectivity index (χ4v) is 6.45. The monoisotopic (exact) mass is 593 g/mol. The number of rotatable bonds is 11. The Labute approximate surface area is 246 Å². The third-order valence-corrected chi connectivity index (χ3v) is 8.60. The molecule has 0 aliphatic carbocycles. The van der Waals surface area contributed by atoms with Crippen LogP contribution >= 0.6 is 11.3 Å². The molecule has 1 unspecified atom stereocenters. The van der Waals surface area contributed by atoms with Crippen LogP contribution < -0.4 is 22.5 Å². The minimum Gasteiger partial charge on any atom is -0.370 e. The number of amides is 3. The number of nitrogens with one attached hydrogen (secondary N) is 2. The van der Waals surface area contributed by atoms with Crippen LogP contribution in [0.5, 0.6) is 0 Å². The highest BCUT2D eigenvalue weighted by molar-refractivity contribution is 7.11. The quantitative estimate of drug-likeness (QED) is 0.0891. The van der Waals surface area contributed by atoms with Crippen molar-refractivity contribution in [3.63, 3.8) is 0 Å². The summed E-state index contributed by atoms with van der Waals surface area (Å²) in [6.07, 6.45) is 5.48. The number of aromatic nitrogens is 2. The van der Waals surface area contributed by atoms with Crippen LogP contribution in [-0.4, -0.2) is 93.0 Å². The molecule has 0 radical (unpaired) electrons. The van der Waals surface area contributed by atoms with Crippen molar-refractivity contribution in [1.29, 1.82) is 0 Å². The minimum absolute atomic E-state index is 0.0473. The van der Waals surface area contributed by atoms with Gasteiger partial charge < -0.3 is 37.3 Å². The molecular weight excluding hydrogens is 558 g/mol. The molecule has 2 aliphatic rings. The number of carbonyl (C=O) groups is 4. The summed E-state index contributed by atoms with van der Waals surface area (Å²) in [4.78, 5) is 67.4. The zero-order valence-electron chi connectivity index (χ0n) is 23.1. The third kappa shape index (κ3) is 6.29. The van der Waals surface area contributed by atoms with E-state index < -0.39 is 24.0 Å². The third-order valence-electron chi connectivity index (χ3n) is 7.82. The van der Waals surface area contributed by atoms with E-state index in [0.717, 1.165) is 16.5 Å². The van der Waals surface area contributed by atoms with Crippen molar-refractivity contribution in [2.75, 3.05) is 19.6 Å². The highest BCUT2D eigenvalue weighted by Gasteiger charge is 2.46. The molecule has 2 fully saturated rings. The second kappa shape index (κ2) is 12.7. The van der Waals surface area contributed by atoms with E-state index in [1.54, 1.807) is 10.3 Å². The maximum absolute atomic E-state index is 13.4. The molecule has 0 bridgehead atoms. The predicted octanol–water partition coefficient (Wildman–Crippen LogP) is 0.117. The number of aromatic amines is 1. The highest BCUT2D eigenvalue weighted by atomic mass is 32.1. The number of thiazole rings is 1. The van der Waals surface area contributed by atoms with Crippen LogP contribution in [0.4, 0.5) is 0 Å². The number of hydrogen-bond donors (Lipinski definition) is 5. The molecule has 14 heteroatoms. The number of piperazine rings is 1. The lowest BCUT2D eigenvalue weighted by molar-refractivity contribution is -0.151. The molecule has 5 rings (SSSR count). The molecule has 4 atom stereocenters. The molecule has 222 valence electrons. The van der Waals surface area contributed by atoms with Gasteiger partial charge in [-0.1, -0.05) is 18.2 Å². The largest absolute Gasteiger partial charge is 0.370 e. The first-order valence-corrected chi connectivity index (χ1v) is 14.8. The van der Waals surface area contributed by atoms with Crippen molar-refractivity contribution >= 4 is 51.7 Å². The van der Waals surface area contributed by atoms with Crippen LogP contribution in [0.25, 0.3) is 10.9 Å². The van der Waals surface area contributed by atoms with Gasteiger partial charge in [0, 0.05) is 41.8 Å². The van der Waals surface area contributed by atoms with Gasteiger partial charge in [-0.2, -0.15) is 0 Å². The Bertz CT molecular complexity index is 1480. The van der Waals surface area contributed by atoms with E-state index >= 15 is 0 Å². The Morgan fingerprint density at radius 2 is 2.02 bits per heavy atom. The predicted molar refractivity (Wildman–Crippen MR) is 159 cm³/mol. The lowest BCUT2D eigenvalue weighted by Gasteiger charge is -2.40. The van der Waals surface area contributed by atoms with Gasteiger partial charge in [0.05, 0.1) is 24.7 Å². The Balaban J connectivity index is 1.21. The smallest absolute Gasteiger partial charge is 0.243 e. The maximum atomic E-state index is 13.4. The standard InChI is InChI=1S/C28H35N9O4S/c29-19(12-16-13-34-20-5-2-1-4-18(16)20)27(41)36-14-17-7-8-22(37(17)23(38)15-36)25(40)35-21(6-3-9-33-28(30)31)24(39)26-32-10-11-42-26/h1-2,4-5,10-11,13,17,19,21-22,34H,3,6-9,12,14-15,29H2,(H,35,40)(H4,30,31,33)/t17-,19-,21?,22-/m0/s1. The fraction of sp³-hybridized carbons (Fsp3) is 0.429. The lowest BCUT2D eigenvalue weighted by Crippen LogP contribution is -2.62. The SMILES string of the molecule is NC(N)=NCCCC(NC(=O)[C@@H]1CC[C@H]2CN(C(=O)[C@@H](N)Cc3c[nH]c4ccccc34)CC(=O)N21)C(=O)c1nccs1. The van der Waals surface area contributed by atoms with E-state index in [2.05, 4.69) is 20.3 Å². The van der Waals surface area contributed by atoms with Gasteiger partial charge in [0.15, 0.2) is 11.0 Å². The number of nitrogens with two attached hydrogens (primary N) is 3. The number of benzene rings is 1. The maximum Gasteiger partial charge on any atom is 0.243 e. The first-order chi connectivity index (χ1) is 20.2. The van der Waals surface area contributed by atoms with E-state index in [1.165, 1.54) is 22.4 Å². The summed E-state index contributed by atoms with van der Waals surface area (Å²) in [7, 11) is 0. The van der Waals surface area contributed by atoms with Crippen LogP contribution in [0.2, 0.25) is 0 Å². The van der Waals surface area contributed by atoms with Gasteiger partial charge in [-0.3, -0.25) is 24.2 Å². The first kappa shape index (κ1) is 29.2. The van der Waals surface area contributed by atoms with Gasteiger partial charge in [-0.15, -0.1) is 11.3 Å². The van der Waals surface area contributed by atoms with E-state index in [0.29, 0.717) is 50.2 Å². The van der Waals surface area contributed by atoms with Crippen LogP contribution in [0.3, 0.4) is 0 Å². The number of guanidine groups is 1. The highest BCUT2D eigenvalue weighted by Crippen LogP contribution is 2.29. The second-order valence-electron chi connectivity index (χ2n) is 10.6. The molecule has 2 aliphatic heterocycles. The van der Waals surface area contributed by atoms with Crippen LogP contribution in [-0.2, 0) is 20.8 Å². The summed E-state index contributed by atoms with van der Waals surface area (Å²) in [5, 5.41) is 5.84. The number of Topliss-reactive ketones (excluding diaryl/α,β-unsaturated/α-hetero) is 1. The van der Waals surface area contributed by atoms with E-state index in [4.69, 9.17) is 17.2 Å². The van der Waals surface area contributed by atoms with Crippen molar-refractivity contribution in [2.24, 2.45) is 22.2 Å². The fourth-order valence-electron chi connectivity index (χ4n) is 5.82. The van der Waals surface area contributed by atoms with Gasteiger partial charge in [0.25, 0.3) is 0 Å². The number of ketones is 1. The zero-order valence-corrected chi connectivity index (χ0v) is 23.9. The Hall–Kier alpha value is -4.30. The molecule has 2 saturated heterocycles. The Morgan fingerprint density at radius 1 is 1.21 bits per heavy atom. The average Bonchev–Trinajstić information content (AvgIpc) is 3.74. The number of H-pyrrole nitrogens is 1. The van der Waals surface area contributed by atoms with Crippen molar-refractivity contribution in [1.82, 2.24) is 25.1 Å². The minimum atomic E-state index is -0.836. The average molecular weight is 594 g/mol. The van der Waals surface area contributed by atoms with Gasteiger partial charge in [0.1, 0.15) is 6.04 Å². The number of carbonyl (C=O) groups excluding carboxylic acids is 4. The van der Waals surface area contributed by atoms with E-state index in [1.807, 2.05) is 30.5 Å². The number of hydrogen-bond acceptors (Lipinski definition) is 8. The van der Waals surface area contributed by atoms with Crippen molar-refractivity contribution in [3.8, 4) is 0 Å². The molecule has 4 heterocycles. The van der Waals surface area contributed by atoms with Gasteiger partial charge >= 0.3 is 0 Å². The van der Waals surface area contributed by atoms with Crippen LogP contribution in [0, 0.1) is 0 Å². The summed E-state index contributed by atoms with van der Waals surface area (Å²) in [6, 6.07) is 5.12. The van der Waals surface area contributed by atoms with Gasteiger partial charge in [0.2, 0.25) is 23.5 Å². The van der Waals surface area contributed by atoms with E-state index in [-0.39, 0.29) is 36.1 Å². The summed E-state index contributed by atoms with van der Waals surface area (Å²) in [5.74, 6) is -1.36. The first-order valence-electron chi connectivity index (χ1n) is 13.9. The molecule has 0 spiro atoms. The summed E-state index contributed by atoms with van der Waals surface area (Å²) in [5.41, 5.74) is 19.0. The molecule has 42 heavy (non-hydrogen) atoms. The molecule has 8 N–H and O–H groups in total. The van der Waals surface area contributed by atoms with Gasteiger partial charge in [-0.25, -0.2) is 4.98 Å². The summed E-state index contributed by atoms with van der Waals surface area (Å²) < 4.78 is 0. The number of nitrogens with zero attached hydrogens (tertiary/aromatic N) is 4. The van der Waals surface area contributed by atoms with Crippen LogP contribution in [0.1, 0.15) is 41.0 Å². The van der Waals surface area contributed by atoms with Gasteiger partial charge in [-0.05, 0) is 43.7 Å². The van der Waals surface area contributed by atoms with E-state index in [9.17, 15) is 19.2 Å². The normalized spacial score (nSPS) is 19.8. The molecule has 1 aromatic carbocycles. The molecule has 13 nitrogen and oxygen atoms in total. The molecule has 3 aromatic rings. The Kier molecular flexibility index (Phi) is 8.83. The van der Waals surface area contributed by atoms with Crippen molar-refractivity contribution < 1.29 is 19.2 Å². The molecule has 0 saturated carbocycles. The Morgan fingerprint density at radius 3 is 2.79 bits per heavy atom. The molecule has 3 amide bonds. The number of aliphatic imine (C=N–C) groups is 1.